The molecule has 2 aromatic rings. The maximum Gasteiger partial charge on any atom is 0.213 e. The van der Waals surface area contributed by atoms with Gasteiger partial charge in [-0.3, -0.25) is 0 Å². The highest BCUT2D eigenvalue weighted by molar-refractivity contribution is 5.92. The van der Waals surface area contributed by atoms with Crippen LogP contribution in [0.2, 0.25) is 0 Å². The molecular formula is C18H22N4O3. The topological polar surface area (TPSA) is 91.0 Å². The molecule has 25 heavy (non-hydrogen) atoms. The summed E-state index contributed by atoms with van der Waals surface area (Å²) >= 11 is 0. The van der Waals surface area contributed by atoms with E-state index < -0.39 is 0 Å². The van der Waals surface area contributed by atoms with Gasteiger partial charge < -0.3 is 25.3 Å². The zero-order valence-electron chi connectivity index (χ0n) is 14.1. The van der Waals surface area contributed by atoms with Crippen LogP contribution in [0.4, 0.5) is 5.69 Å². The molecule has 0 bridgehead atoms. The Bertz CT molecular complexity index is 713. The molecule has 0 spiro atoms. The van der Waals surface area contributed by atoms with Crippen molar-refractivity contribution in [3.8, 4) is 11.6 Å². The molecule has 1 atom stereocenters. The Morgan fingerprint density at radius 2 is 2.20 bits per heavy atom. The van der Waals surface area contributed by atoms with E-state index in [0.29, 0.717) is 25.0 Å². The van der Waals surface area contributed by atoms with Crippen LogP contribution in [-0.2, 0) is 11.3 Å². The van der Waals surface area contributed by atoms with Gasteiger partial charge in [0.2, 0.25) is 5.88 Å². The number of benzene rings is 1. The highest BCUT2D eigenvalue weighted by Gasteiger charge is 2.17. The number of anilines is 1. The molecule has 2 heterocycles. The highest BCUT2D eigenvalue weighted by Crippen LogP contribution is 2.17. The van der Waals surface area contributed by atoms with Crippen LogP contribution in [-0.4, -0.2) is 37.4 Å². The van der Waals surface area contributed by atoms with E-state index in [9.17, 15) is 0 Å². The lowest BCUT2D eigenvalue weighted by Crippen LogP contribution is -2.22. The summed E-state index contributed by atoms with van der Waals surface area (Å²) in [6.45, 7) is 1.79. The lowest BCUT2D eigenvalue weighted by molar-refractivity contribution is 0.138. The lowest BCUT2D eigenvalue weighted by Gasteiger charge is -2.11. The van der Waals surface area contributed by atoms with Gasteiger partial charge >= 0.3 is 0 Å². The second kappa shape index (κ2) is 8.34. The fraction of sp³-hybridized carbons (Fsp3) is 0.333. The summed E-state index contributed by atoms with van der Waals surface area (Å²) in [5.74, 6) is 1.72. The molecule has 0 aliphatic carbocycles. The quantitative estimate of drug-likeness (QED) is 0.618. The molecule has 0 saturated carbocycles. The summed E-state index contributed by atoms with van der Waals surface area (Å²) in [7, 11) is 1.63. The minimum atomic E-state index is 0.0769. The van der Waals surface area contributed by atoms with Crippen LogP contribution < -0.4 is 20.5 Å². The molecule has 3 N–H and O–H groups in total. The highest BCUT2D eigenvalue weighted by atomic mass is 16.5. The van der Waals surface area contributed by atoms with E-state index in [-0.39, 0.29) is 6.10 Å². The van der Waals surface area contributed by atoms with Crippen LogP contribution in [0.5, 0.6) is 11.6 Å². The average molecular weight is 342 g/mol. The zero-order valence-corrected chi connectivity index (χ0v) is 14.1. The standard InChI is InChI=1S/C18H22N4O3/c1-23-15-4-2-14(3-5-15)22-18(19)21-11-13-6-8-20-17(10-13)25-16-7-9-24-12-16/h2-6,8,10,16H,7,9,11-12H2,1H3,(H3,19,21,22). The number of pyridine rings is 1. The molecule has 7 nitrogen and oxygen atoms in total. The van der Waals surface area contributed by atoms with Gasteiger partial charge in [0.05, 0.1) is 26.9 Å². The molecule has 1 aromatic heterocycles. The second-order valence-corrected chi connectivity index (χ2v) is 5.66. The van der Waals surface area contributed by atoms with Crippen molar-refractivity contribution in [2.75, 3.05) is 25.6 Å². The third kappa shape index (κ3) is 5.09. The zero-order chi connectivity index (χ0) is 17.5. The SMILES string of the molecule is COc1ccc(NC(N)=NCc2ccnc(OC3CCOC3)c2)cc1. The predicted octanol–water partition coefficient (Wildman–Crippen LogP) is 2.18. The van der Waals surface area contributed by atoms with Crippen molar-refractivity contribution in [3.63, 3.8) is 0 Å². The number of methoxy groups -OCH3 is 1. The summed E-state index contributed by atoms with van der Waals surface area (Å²) < 4.78 is 16.2. The number of aliphatic imine (C=N–C) groups is 1. The first kappa shape index (κ1) is 17.0. The van der Waals surface area contributed by atoms with E-state index in [1.54, 1.807) is 13.3 Å². The number of hydrogen-bond acceptors (Lipinski definition) is 5. The normalized spacial score (nSPS) is 17.3. The molecule has 0 radical (unpaired) electrons. The number of nitrogens with zero attached hydrogens (tertiary/aromatic N) is 2. The number of nitrogens with two attached hydrogens (primary N) is 1. The van der Waals surface area contributed by atoms with Crippen molar-refractivity contribution in [1.82, 2.24) is 4.98 Å². The first-order valence-corrected chi connectivity index (χ1v) is 8.13. The van der Waals surface area contributed by atoms with E-state index in [2.05, 4.69) is 15.3 Å². The van der Waals surface area contributed by atoms with Crippen LogP contribution in [0.3, 0.4) is 0 Å². The maximum atomic E-state index is 5.94. The number of aromatic nitrogens is 1. The first-order chi connectivity index (χ1) is 12.2. The van der Waals surface area contributed by atoms with Crippen molar-refractivity contribution in [1.29, 1.82) is 0 Å². The van der Waals surface area contributed by atoms with Crippen molar-refractivity contribution in [2.45, 2.75) is 19.1 Å². The first-order valence-electron chi connectivity index (χ1n) is 8.13. The third-order valence-corrected chi connectivity index (χ3v) is 3.77. The maximum absolute atomic E-state index is 5.94. The molecule has 0 amide bonds. The van der Waals surface area contributed by atoms with Crippen LogP contribution in [0, 0.1) is 0 Å². The van der Waals surface area contributed by atoms with E-state index in [1.165, 1.54) is 0 Å². The summed E-state index contributed by atoms with van der Waals surface area (Å²) in [4.78, 5) is 8.58. The van der Waals surface area contributed by atoms with Crippen molar-refractivity contribution >= 4 is 11.6 Å². The molecule has 1 aromatic carbocycles. The number of rotatable bonds is 6. The fourth-order valence-corrected chi connectivity index (χ4v) is 2.43. The van der Waals surface area contributed by atoms with Crippen LogP contribution in [0.1, 0.15) is 12.0 Å². The number of nitrogens with one attached hydrogen (secondary N) is 1. The van der Waals surface area contributed by atoms with Gasteiger partial charge in [0.1, 0.15) is 11.9 Å². The minimum absolute atomic E-state index is 0.0769. The van der Waals surface area contributed by atoms with Gasteiger partial charge in [-0.05, 0) is 35.9 Å². The van der Waals surface area contributed by atoms with E-state index in [0.717, 1.165) is 30.0 Å². The van der Waals surface area contributed by atoms with Crippen molar-refractivity contribution < 1.29 is 14.2 Å². The van der Waals surface area contributed by atoms with Gasteiger partial charge in [0.15, 0.2) is 5.96 Å². The largest absolute Gasteiger partial charge is 0.497 e. The van der Waals surface area contributed by atoms with Gasteiger partial charge in [-0.2, -0.15) is 0 Å². The van der Waals surface area contributed by atoms with Gasteiger partial charge in [-0.1, -0.05) is 0 Å². The Morgan fingerprint density at radius 3 is 2.92 bits per heavy atom. The summed E-state index contributed by atoms with van der Waals surface area (Å²) in [5.41, 5.74) is 7.76. The monoisotopic (exact) mass is 342 g/mol. The Morgan fingerprint density at radius 1 is 1.36 bits per heavy atom. The average Bonchev–Trinajstić information content (AvgIpc) is 3.14. The molecule has 1 saturated heterocycles. The smallest absolute Gasteiger partial charge is 0.213 e. The molecule has 1 unspecified atom stereocenters. The van der Waals surface area contributed by atoms with E-state index in [4.69, 9.17) is 19.9 Å². The van der Waals surface area contributed by atoms with Crippen molar-refractivity contribution in [2.24, 2.45) is 10.7 Å². The Kier molecular flexibility index (Phi) is 5.69. The Labute approximate surface area is 146 Å². The van der Waals surface area contributed by atoms with Crippen LogP contribution in [0.25, 0.3) is 0 Å². The van der Waals surface area contributed by atoms with Crippen LogP contribution >= 0.6 is 0 Å². The molecule has 7 heteroatoms. The molecule has 132 valence electrons. The lowest BCUT2D eigenvalue weighted by atomic mass is 10.2. The Balaban J connectivity index is 1.56. The van der Waals surface area contributed by atoms with Gasteiger partial charge in [-0.15, -0.1) is 0 Å². The minimum Gasteiger partial charge on any atom is -0.497 e. The number of ether oxygens (including phenoxy) is 3. The van der Waals surface area contributed by atoms with Crippen molar-refractivity contribution in [3.05, 3.63) is 48.2 Å². The molecule has 3 rings (SSSR count). The second-order valence-electron chi connectivity index (χ2n) is 5.66. The summed E-state index contributed by atoms with van der Waals surface area (Å²) in [6.07, 6.45) is 2.68. The predicted molar refractivity (Wildman–Crippen MR) is 96.0 cm³/mol. The van der Waals surface area contributed by atoms with Gasteiger partial charge in [0.25, 0.3) is 0 Å². The fourth-order valence-electron chi connectivity index (χ4n) is 2.43. The molecular weight excluding hydrogens is 320 g/mol. The van der Waals surface area contributed by atoms with Gasteiger partial charge in [0, 0.05) is 24.4 Å². The molecule has 1 aliphatic rings. The summed E-state index contributed by atoms with van der Waals surface area (Å²) in [6, 6.07) is 11.2. The van der Waals surface area contributed by atoms with E-state index in [1.807, 2.05) is 36.4 Å². The number of hydrogen-bond donors (Lipinski definition) is 2. The molecule has 1 fully saturated rings. The third-order valence-electron chi connectivity index (χ3n) is 3.77. The Hall–Kier alpha value is -2.80. The molecule has 1 aliphatic heterocycles. The summed E-state index contributed by atoms with van der Waals surface area (Å²) in [5, 5.41) is 3.05. The van der Waals surface area contributed by atoms with Crippen LogP contribution in [0.15, 0.2) is 47.6 Å². The van der Waals surface area contributed by atoms with Gasteiger partial charge in [-0.25, -0.2) is 9.98 Å². The number of guanidine groups is 1. The van der Waals surface area contributed by atoms with E-state index >= 15 is 0 Å².